The molecule has 1 aromatic heterocycles. The van der Waals surface area contributed by atoms with Crippen molar-refractivity contribution in [1.82, 2.24) is 9.78 Å². The van der Waals surface area contributed by atoms with Gasteiger partial charge in [-0.25, -0.2) is 4.68 Å². The summed E-state index contributed by atoms with van der Waals surface area (Å²) >= 11 is 0. The predicted molar refractivity (Wildman–Crippen MR) is 70.8 cm³/mol. The highest BCUT2D eigenvalue weighted by Crippen LogP contribution is 2.27. The van der Waals surface area contributed by atoms with E-state index in [2.05, 4.69) is 5.10 Å². The number of hydrogen-bond acceptors (Lipinski definition) is 4. The lowest BCUT2D eigenvalue weighted by Crippen LogP contribution is -2.22. The normalized spacial score (nSPS) is 9.95. The monoisotopic (exact) mass is 255 g/mol. The minimum atomic E-state index is -0.403. The van der Waals surface area contributed by atoms with Crippen molar-refractivity contribution in [2.45, 2.75) is 6.92 Å². The van der Waals surface area contributed by atoms with Gasteiger partial charge in [-0.15, -0.1) is 0 Å². The highest BCUT2D eigenvalue weighted by atomic mass is 16.5. The second-order valence-corrected chi connectivity index (χ2v) is 3.91. The first-order valence-corrected chi connectivity index (χ1v) is 5.88. The summed E-state index contributed by atoms with van der Waals surface area (Å²) in [5, 5.41) is 13.1. The van der Waals surface area contributed by atoms with Gasteiger partial charge in [0, 0.05) is 12.6 Å². The van der Waals surface area contributed by atoms with Crippen LogP contribution in [-0.2, 0) is 7.05 Å². The maximum absolute atomic E-state index is 11.6. The molecule has 5 nitrogen and oxygen atoms in total. The third kappa shape index (κ3) is 2.47. The highest BCUT2D eigenvalue weighted by Gasteiger charge is 2.11. The van der Waals surface area contributed by atoms with Crippen molar-refractivity contribution in [1.29, 1.82) is 5.26 Å². The molecule has 0 bridgehead atoms. The minimum absolute atomic E-state index is 0.0683. The van der Waals surface area contributed by atoms with Gasteiger partial charge in [0.15, 0.2) is 0 Å². The third-order valence-electron chi connectivity index (χ3n) is 2.65. The fourth-order valence-electron chi connectivity index (χ4n) is 1.78. The van der Waals surface area contributed by atoms with Crippen molar-refractivity contribution >= 4 is 0 Å². The van der Waals surface area contributed by atoms with Crippen LogP contribution in [0.15, 0.2) is 35.1 Å². The summed E-state index contributed by atoms with van der Waals surface area (Å²) < 4.78 is 6.69. The van der Waals surface area contributed by atoms with E-state index in [4.69, 9.17) is 10.00 Å². The lowest BCUT2D eigenvalue weighted by molar-refractivity contribution is 0.341. The van der Waals surface area contributed by atoms with Gasteiger partial charge in [0.05, 0.1) is 12.3 Å². The van der Waals surface area contributed by atoms with E-state index in [-0.39, 0.29) is 5.56 Å². The molecule has 0 spiro atoms. The molecule has 0 aliphatic rings. The molecule has 1 heterocycles. The second-order valence-electron chi connectivity index (χ2n) is 3.91. The molecule has 19 heavy (non-hydrogen) atoms. The average Bonchev–Trinajstić information content (AvgIpc) is 2.43. The molecule has 0 aliphatic heterocycles. The van der Waals surface area contributed by atoms with Crippen LogP contribution in [0.25, 0.3) is 11.3 Å². The molecule has 0 fully saturated rings. The zero-order valence-corrected chi connectivity index (χ0v) is 10.8. The van der Waals surface area contributed by atoms with Crippen molar-refractivity contribution < 1.29 is 4.74 Å². The first kappa shape index (κ1) is 12.8. The molecule has 1 aromatic carbocycles. The number of rotatable bonds is 3. The van der Waals surface area contributed by atoms with Gasteiger partial charge in [-0.1, -0.05) is 12.1 Å². The quantitative estimate of drug-likeness (QED) is 0.837. The molecule has 0 amide bonds. The molecule has 2 rings (SSSR count). The van der Waals surface area contributed by atoms with E-state index in [1.165, 1.54) is 13.1 Å². The maximum Gasteiger partial charge on any atom is 0.284 e. The molecular weight excluding hydrogens is 242 g/mol. The first-order chi connectivity index (χ1) is 9.17. The molecule has 0 saturated carbocycles. The summed E-state index contributed by atoms with van der Waals surface area (Å²) in [6.45, 7) is 2.43. The van der Waals surface area contributed by atoms with Crippen LogP contribution in [0.5, 0.6) is 5.75 Å². The Balaban J connectivity index is 2.63. The number of aryl methyl sites for hydroxylation is 1. The topological polar surface area (TPSA) is 67.9 Å². The van der Waals surface area contributed by atoms with Crippen LogP contribution in [0.4, 0.5) is 0 Å². The van der Waals surface area contributed by atoms with Gasteiger partial charge in [0.2, 0.25) is 0 Å². The summed E-state index contributed by atoms with van der Waals surface area (Å²) in [4.78, 5) is 11.6. The molecule has 0 radical (unpaired) electrons. The number of ether oxygens (including phenoxy) is 1. The van der Waals surface area contributed by atoms with E-state index < -0.39 is 5.56 Å². The predicted octanol–water partition coefficient (Wildman–Crippen LogP) is 1.72. The molecule has 0 atom stereocenters. The second kappa shape index (κ2) is 5.36. The zero-order valence-electron chi connectivity index (χ0n) is 10.8. The van der Waals surface area contributed by atoms with Crippen molar-refractivity contribution in [2.75, 3.05) is 6.61 Å². The van der Waals surface area contributed by atoms with Crippen LogP contribution >= 0.6 is 0 Å². The number of para-hydroxylation sites is 1. The Morgan fingerprint density at radius 2 is 2.16 bits per heavy atom. The lowest BCUT2D eigenvalue weighted by atomic mass is 10.1. The van der Waals surface area contributed by atoms with Gasteiger partial charge in [0.25, 0.3) is 5.56 Å². The van der Waals surface area contributed by atoms with Crippen LogP contribution in [0.3, 0.4) is 0 Å². The number of nitriles is 1. The van der Waals surface area contributed by atoms with Crippen LogP contribution in [0.2, 0.25) is 0 Å². The summed E-state index contributed by atoms with van der Waals surface area (Å²) in [5.41, 5.74) is 0.970. The van der Waals surface area contributed by atoms with Gasteiger partial charge in [-0.05, 0) is 25.1 Å². The highest BCUT2D eigenvalue weighted by molar-refractivity contribution is 5.67. The van der Waals surface area contributed by atoms with Gasteiger partial charge in [0.1, 0.15) is 17.4 Å². The summed E-state index contributed by atoms with van der Waals surface area (Å²) in [5.74, 6) is 0.681. The van der Waals surface area contributed by atoms with Crippen molar-refractivity contribution in [3.8, 4) is 23.1 Å². The fourth-order valence-corrected chi connectivity index (χ4v) is 1.78. The van der Waals surface area contributed by atoms with Gasteiger partial charge < -0.3 is 4.74 Å². The number of nitrogens with zero attached hydrogens (tertiary/aromatic N) is 3. The SMILES string of the molecule is CCOc1ccccc1-c1cc(C#N)c(=O)n(C)n1. The van der Waals surface area contributed by atoms with Gasteiger partial charge in [-0.2, -0.15) is 10.4 Å². The van der Waals surface area contributed by atoms with Crippen molar-refractivity contribution in [2.24, 2.45) is 7.05 Å². The average molecular weight is 255 g/mol. The van der Waals surface area contributed by atoms with Gasteiger partial charge >= 0.3 is 0 Å². The Morgan fingerprint density at radius 3 is 2.84 bits per heavy atom. The third-order valence-corrected chi connectivity index (χ3v) is 2.65. The van der Waals surface area contributed by atoms with Crippen molar-refractivity contribution in [3.05, 3.63) is 46.2 Å². The number of aromatic nitrogens is 2. The van der Waals surface area contributed by atoms with E-state index in [0.29, 0.717) is 18.1 Å². The number of benzene rings is 1. The Bertz CT molecular complexity index is 699. The minimum Gasteiger partial charge on any atom is -0.493 e. The molecular formula is C14H13N3O2. The Hall–Kier alpha value is -2.61. The van der Waals surface area contributed by atoms with Crippen molar-refractivity contribution in [3.63, 3.8) is 0 Å². The number of hydrogen-bond donors (Lipinski definition) is 0. The Kier molecular flexibility index (Phi) is 3.62. The molecule has 0 unspecified atom stereocenters. The standard InChI is InChI=1S/C14H13N3O2/c1-3-19-13-7-5-4-6-11(13)12-8-10(9-15)14(18)17(2)16-12/h4-8H,3H2,1-2H3. The van der Waals surface area contributed by atoms with E-state index in [9.17, 15) is 4.79 Å². The maximum atomic E-state index is 11.6. The van der Waals surface area contributed by atoms with Crippen LogP contribution in [-0.4, -0.2) is 16.4 Å². The fraction of sp³-hybridized carbons (Fsp3) is 0.214. The first-order valence-electron chi connectivity index (χ1n) is 5.88. The van der Waals surface area contributed by atoms with E-state index in [1.54, 1.807) is 0 Å². The smallest absolute Gasteiger partial charge is 0.284 e. The Labute approximate surface area is 110 Å². The molecule has 0 N–H and O–H groups in total. The van der Waals surface area contributed by atoms with Gasteiger partial charge in [-0.3, -0.25) is 4.79 Å². The largest absolute Gasteiger partial charge is 0.493 e. The molecule has 0 saturated heterocycles. The van der Waals surface area contributed by atoms with E-state index in [1.807, 2.05) is 37.3 Å². The molecule has 0 aliphatic carbocycles. The van der Waals surface area contributed by atoms with E-state index in [0.717, 1.165) is 10.2 Å². The molecule has 96 valence electrons. The van der Waals surface area contributed by atoms with E-state index >= 15 is 0 Å². The summed E-state index contributed by atoms with van der Waals surface area (Å²) in [7, 11) is 1.52. The van der Waals surface area contributed by atoms with Crippen LogP contribution in [0.1, 0.15) is 12.5 Å². The summed E-state index contributed by atoms with van der Waals surface area (Å²) in [6.07, 6.45) is 0. The molecule has 2 aromatic rings. The summed E-state index contributed by atoms with van der Waals surface area (Å²) in [6, 6.07) is 10.8. The molecule has 5 heteroatoms. The van der Waals surface area contributed by atoms with Crippen LogP contribution < -0.4 is 10.3 Å². The Morgan fingerprint density at radius 1 is 1.42 bits per heavy atom. The lowest BCUT2D eigenvalue weighted by Gasteiger charge is -2.10. The van der Waals surface area contributed by atoms with Crippen LogP contribution in [0, 0.1) is 11.3 Å². The zero-order chi connectivity index (χ0) is 13.8.